The highest BCUT2D eigenvalue weighted by Gasteiger charge is 2.25. The molecular weight excluding hydrogens is 240 g/mol. The van der Waals surface area contributed by atoms with Crippen molar-refractivity contribution in [1.29, 1.82) is 0 Å². The SMILES string of the molecule is CCNC(C)C(c1nccc2sccc12)C(C)C. The number of nitrogens with one attached hydrogen (secondary N) is 1. The lowest BCUT2D eigenvalue weighted by Gasteiger charge is -2.28. The Morgan fingerprint density at radius 1 is 1.28 bits per heavy atom. The molecule has 3 heteroatoms. The zero-order chi connectivity index (χ0) is 13.1. The number of aromatic nitrogens is 1. The van der Waals surface area contributed by atoms with Crippen LogP contribution in [0.5, 0.6) is 0 Å². The van der Waals surface area contributed by atoms with Gasteiger partial charge in [0.25, 0.3) is 0 Å². The predicted octanol–water partition coefficient (Wildman–Crippen LogP) is 4.03. The molecule has 2 aromatic heterocycles. The van der Waals surface area contributed by atoms with Gasteiger partial charge in [-0.2, -0.15) is 0 Å². The molecular formula is C15H22N2S. The van der Waals surface area contributed by atoms with Gasteiger partial charge in [0.05, 0.1) is 5.69 Å². The molecule has 0 amide bonds. The maximum atomic E-state index is 4.67. The quantitative estimate of drug-likeness (QED) is 0.880. The van der Waals surface area contributed by atoms with Crippen molar-refractivity contribution >= 4 is 21.4 Å². The van der Waals surface area contributed by atoms with Gasteiger partial charge in [-0.15, -0.1) is 11.3 Å². The van der Waals surface area contributed by atoms with Crippen molar-refractivity contribution in [2.75, 3.05) is 6.54 Å². The first-order valence-corrected chi connectivity index (χ1v) is 7.58. The molecule has 0 bridgehead atoms. The molecule has 0 aromatic carbocycles. The summed E-state index contributed by atoms with van der Waals surface area (Å²) in [6, 6.07) is 4.77. The topological polar surface area (TPSA) is 24.9 Å². The third kappa shape index (κ3) is 2.57. The Morgan fingerprint density at radius 3 is 2.72 bits per heavy atom. The highest BCUT2D eigenvalue weighted by atomic mass is 32.1. The van der Waals surface area contributed by atoms with Gasteiger partial charge in [0.15, 0.2) is 0 Å². The van der Waals surface area contributed by atoms with Crippen LogP contribution in [0.15, 0.2) is 23.7 Å². The third-order valence-electron chi connectivity index (χ3n) is 3.51. The van der Waals surface area contributed by atoms with E-state index in [1.165, 1.54) is 15.8 Å². The summed E-state index contributed by atoms with van der Waals surface area (Å²) in [6.45, 7) is 9.99. The molecule has 0 spiro atoms. The summed E-state index contributed by atoms with van der Waals surface area (Å²) < 4.78 is 1.34. The van der Waals surface area contributed by atoms with E-state index in [-0.39, 0.29) is 0 Å². The first-order valence-electron chi connectivity index (χ1n) is 6.70. The second-order valence-corrected chi connectivity index (χ2v) is 6.09. The van der Waals surface area contributed by atoms with Crippen LogP contribution in [0.1, 0.15) is 39.3 Å². The van der Waals surface area contributed by atoms with Crippen LogP contribution >= 0.6 is 11.3 Å². The van der Waals surface area contributed by atoms with Crippen LogP contribution in [-0.2, 0) is 0 Å². The lowest BCUT2D eigenvalue weighted by Crippen LogP contribution is -2.35. The van der Waals surface area contributed by atoms with E-state index in [0.29, 0.717) is 17.9 Å². The number of hydrogen-bond acceptors (Lipinski definition) is 3. The Bertz CT molecular complexity index is 504. The fourth-order valence-corrected chi connectivity index (χ4v) is 3.55. The molecule has 18 heavy (non-hydrogen) atoms. The zero-order valence-electron chi connectivity index (χ0n) is 11.6. The molecule has 2 unspecified atom stereocenters. The zero-order valence-corrected chi connectivity index (χ0v) is 12.4. The largest absolute Gasteiger partial charge is 0.314 e. The second kappa shape index (κ2) is 5.81. The van der Waals surface area contributed by atoms with Crippen molar-refractivity contribution in [3.05, 3.63) is 29.4 Å². The fourth-order valence-electron chi connectivity index (χ4n) is 2.76. The van der Waals surface area contributed by atoms with Crippen molar-refractivity contribution in [3.8, 4) is 0 Å². The van der Waals surface area contributed by atoms with Gasteiger partial charge < -0.3 is 5.32 Å². The van der Waals surface area contributed by atoms with Gasteiger partial charge >= 0.3 is 0 Å². The average molecular weight is 262 g/mol. The van der Waals surface area contributed by atoms with Crippen molar-refractivity contribution < 1.29 is 0 Å². The van der Waals surface area contributed by atoms with Crippen LogP contribution in [-0.4, -0.2) is 17.6 Å². The van der Waals surface area contributed by atoms with E-state index in [2.05, 4.69) is 55.5 Å². The lowest BCUT2D eigenvalue weighted by molar-refractivity contribution is 0.378. The number of fused-ring (bicyclic) bond motifs is 1. The van der Waals surface area contributed by atoms with Crippen molar-refractivity contribution in [2.45, 2.75) is 39.7 Å². The van der Waals surface area contributed by atoms with E-state index in [9.17, 15) is 0 Å². The Labute approximate surface area is 113 Å². The van der Waals surface area contributed by atoms with Gasteiger partial charge in [-0.1, -0.05) is 20.8 Å². The summed E-state index contributed by atoms with van der Waals surface area (Å²) >= 11 is 1.80. The number of rotatable bonds is 5. The molecule has 0 saturated heterocycles. The molecule has 2 heterocycles. The average Bonchev–Trinajstić information content (AvgIpc) is 2.78. The molecule has 0 aliphatic rings. The summed E-state index contributed by atoms with van der Waals surface area (Å²) in [6.07, 6.45) is 1.95. The molecule has 0 fully saturated rings. The third-order valence-corrected chi connectivity index (χ3v) is 4.39. The molecule has 0 aliphatic heterocycles. The summed E-state index contributed by atoms with van der Waals surface area (Å²) in [4.78, 5) is 4.67. The molecule has 2 nitrogen and oxygen atoms in total. The maximum Gasteiger partial charge on any atom is 0.0539 e. The molecule has 0 aliphatic carbocycles. The highest BCUT2D eigenvalue weighted by Crippen LogP contribution is 2.33. The van der Waals surface area contributed by atoms with Crippen molar-refractivity contribution in [2.24, 2.45) is 5.92 Å². The van der Waals surface area contributed by atoms with Gasteiger partial charge in [-0.3, -0.25) is 4.98 Å². The van der Waals surface area contributed by atoms with Crippen molar-refractivity contribution in [3.63, 3.8) is 0 Å². The summed E-state index contributed by atoms with van der Waals surface area (Å²) in [5, 5.41) is 7.03. The van der Waals surface area contributed by atoms with Crippen LogP contribution in [0.3, 0.4) is 0 Å². The number of nitrogens with zero attached hydrogens (tertiary/aromatic N) is 1. The van der Waals surface area contributed by atoms with Crippen molar-refractivity contribution in [1.82, 2.24) is 10.3 Å². The Morgan fingerprint density at radius 2 is 2.06 bits per heavy atom. The summed E-state index contributed by atoms with van der Waals surface area (Å²) in [5.74, 6) is 1.04. The number of thiophene rings is 1. The van der Waals surface area contributed by atoms with Crippen LogP contribution in [0, 0.1) is 5.92 Å². The number of hydrogen-bond donors (Lipinski definition) is 1. The van der Waals surface area contributed by atoms with E-state index in [1.807, 2.05) is 6.20 Å². The lowest BCUT2D eigenvalue weighted by atomic mass is 9.85. The standard InChI is InChI=1S/C15H22N2S/c1-5-16-11(4)14(10(2)3)15-12-7-9-18-13(12)6-8-17-15/h6-11,14,16H,5H2,1-4H3. The van der Waals surface area contributed by atoms with Crippen LogP contribution < -0.4 is 5.32 Å². The van der Waals surface area contributed by atoms with Gasteiger partial charge in [0.2, 0.25) is 0 Å². The van der Waals surface area contributed by atoms with Crippen LogP contribution in [0.4, 0.5) is 0 Å². The van der Waals surface area contributed by atoms with Gasteiger partial charge in [0.1, 0.15) is 0 Å². The van der Waals surface area contributed by atoms with Gasteiger partial charge in [-0.05, 0) is 36.9 Å². The number of likely N-dealkylation sites (N-methyl/N-ethyl adjacent to an activating group) is 1. The smallest absolute Gasteiger partial charge is 0.0539 e. The Kier molecular flexibility index (Phi) is 4.36. The highest BCUT2D eigenvalue weighted by molar-refractivity contribution is 7.17. The monoisotopic (exact) mass is 262 g/mol. The molecule has 2 rings (SSSR count). The minimum Gasteiger partial charge on any atom is -0.314 e. The fraction of sp³-hybridized carbons (Fsp3) is 0.533. The second-order valence-electron chi connectivity index (χ2n) is 5.14. The minimum atomic E-state index is 0.452. The first kappa shape index (κ1) is 13.5. The summed E-state index contributed by atoms with van der Waals surface area (Å²) in [5.41, 5.74) is 1.25. The van der Waals surface area contributed by atoms with Crippen LogP contribution in [0.25, 0.3) is 10.1 Å². The number of pyridine rings is 1. The molecule has 2 aromatic rings. The van der Waals surface area contributed by atoms with E-state index in [0.717, 1.165) is 6.54 Å². The molecule has 0 saturated carbocycles. The van der Waals surface area contributed by atoms with E-state index < -0.39 is 0 Å². The minimum absolute atomic E-state index is 0.452. The van der Waals surface area contributed by atoms with E-state index in [1.54, 1.807) is 11.3 Å². The molecule has 98 valence electrons. The normalized spacial score (nSPS) is 15.2. The first-order chi connectivity index (χ1) is 8.65. The molecule has 1 N–H and O–H groups in total. The Hall–Kier alpha value is -0.930. The van der Waals surface area contributed by atoms with E-state index >= 15 is 0 Å². The van der Waals surface area contributed by atoms with Crippen LogP contribution in [0.2, 0.25) is 0 Å². The molecule has 2 atom stereocenters. The maximum absolute atomic E-state index is 4.67. The Balaban J connectivity index is 2.44. The molecule has 0 radical (unpaired) electrons. The summed E-state index contributed by atoms with van der Waals surface area (Å²) in [7, 11) is 0. The van der Waals surface area contributed by atoms with E-state index in [4.69, 9.17) is 0 Å². The van der Waals surface area contributed by atoms with Gasteiger partial charge in [-0.25, -0.2) is 0 Å². The predicted molar refractivity (Wildman–Crippen MR) is 80.3 cm³/mol. The van der Waals surface area contributed by atoms with Gasteiger partial charge in [0, 0.05) is 28.2 Å².